The van der Waals surface area contributed by atoms with E-state index in [9.17, 15) is 4.79 Å². The van der Waals surface area contributed by atoms with Crippen molar-refractivity contribution >= 4 is 21.8 Å². The largest absolute Gasteiger partial charge is 0.483 e. The molecule has 0 aromatic heterocycles. The van der Waals surface area contributed by atoms with Crippen LogP contribution in [0.2, 0.25) is 0 Å². The van der Waals surface area contributed by atoms with E-state index < -0.39 is 0 Å². The standard InChI is InChI=1S/C20H32BrN3O2/c1-20(2,3)16-6-7-18(17(21)14-16)26-15-19(25)22-8-5-9-24-12-10-23(4)11-13-24/h6-7,14H,5,8-13,15H2,1-4H3,(H,22,25). The maximum atomic E-state index is 12.0. The summed E-state index contributed by atoms with van der Waals surface area (Å²) in [6, 6.07) is 6.03. The highest BCUT2D eigenvalue weighted by atomic mass is 79.9. The molecule has 1 aromatic rings. The van der Waals surface area contributed by atoms with Crippen molar-refractivity contribution in [3.05, 3.63) is 28.2 Å². The van der Waals surface area contributed by atoms with Crippen molar-refractivity contribution in [2.75, 3.05) is 52.9 Å². The number of rotatable bonds is 7. The Labute approximate surface area is 166 Å². The summed E-state index contributed by atoms with van der Waals surface area (Å²) in [6.07, 6.45) is 0.972. The normalized spacial score (nSPS) is 16.5. The summed E-state index contributed by atoms with van der Waals surface area (Å²) in [6.45, 7) is 12.8. The van der Waals surface area contributed by atoms with Crippen LogP contribution < -0.4 is 10.1 Å². The van der Waals surface area contributed by atoms with Gasteiger partial charge in [0.2, 0.25) is 0 Å². The highest BCUT2D eigenvalue weighted by molar-refractivity contribution is 9.10. The van der Waals surface area contributed by atoms with Gasteiger partial charge in [0.15, 0.2) is 6.61 Å². The third-order valence-corrected chi connectivity index (χ3v) is 5.35. The van der Waals surface area contributed by atoms with Crippen LogP contribution in [0.4, 0.5) is 0 Å². The molecule has 5 nitrogen and oxygen atoms in total. The molecule has 1 saturated heterocycles. The minimum atomic E-state index is -0.0739. The van der Waals surface area contributed by atoms with Gasteiger partial charge in [-0.15, -0.1) is 0 Å². The summed E-state index contributed by atoms with van der Waals surface area (Å²) in [5.41, 5.74) is 1.31. The fraction of sp³-hybridized carbons (Fsp3) is 0.650. The molecule has 1 heterocycles. The van der Waals surface area contributed by atoms with Gasteiger partial charge in [-0.1, -0.05) is 26.8 Å². The van der Waals surface area contributed by atoms with Gasteiger partial charge in [-0.3, -0.25) is 4.79 Å². The van der Waals surface area contributed by atoms with Crippen LogP contribution in [0.5, 0.6) is 5.75 Å². The third-order valence-electron chi connectivity index (χ3n) is 4.73. The number of piperazine rings is 1. The van der Waals surface area contributed by atoms with Gasteiger partial charge in [-0.05, 0) is 59.1 Å². The molecule has 1 aliphatic heterocycles. The molecule has 0 bridgehead atoms. The number of carbonyl (C=O) groups is 1. The molecule has 146 valence electrons. The minimum absolute atomic E-state index is 0.0436. The van der Waals surface area contributed by atoms with Crippen molar-refractivity contribution < 1.29 is 9.53 Å². The maximum Gasteiger partial charge on any atom is 0.257 e. The smallest absolute Gasteiger partial charge is 0.257 e. The first-order chi connectivity index (χ1) is 12.3. The van der Waals surface area contributed by atoms with Gasteiger partial charge < -0.3 is 19.9 Å². The van der Waals surface area contributed by atoms with Gasteiger partial charge >= 0.3 is 0 Å². The van der Waals surface area contributed by atoms with Gasteiger partial charge in [0, 0.05) is 32.7 Å². The first-order valence-electron chi connectivity index (χ1n) is 9.36. The predicted octanol–water partition coefficient (Wildman–Crippen LogP) is 2.88. The van der Waals surface area contributed by atoms with Gasteiger partial charge in [0.05, 0.1) is 4.47 Å². The average molecular weight is 426 g/mol. The topological polar surface area (TPSA) is 44.8 Å². The molecule has 26 heavy (non-hydrogen) atoms. The van der Waals surface area contributed by atoms with Crippen molar-refractivity contribution in [1.82, 2.24) is 15.1 Å². The van der Waals surface area contributed by atoms with Crippen LogP contribution >= 0.6 is 15.9 Å². The Morgan fingerprint density at radius 1 is 1.23 bits per heavy atom. The maximum absolute atomic E-state index is 12.0. The molecule has 0 spiro atoms. The highest BCUT2D eigenvalue weighted by Crippen LogP contribution is 2.31. The van der Waals surface area contributed by atoms with Crippen molar-refractivity contribution in [3.63, 3.8) is 0 Å². The van der Waals surface area contributed by atoms with E-state index in [2.05, 4.69) is 64.9 Å². The quantitative estimate of drug-likeness (QED) is 0.682. The van der Waals surface area contributed by atoms with E-state index in [0.717, 1.165) is 43.6 Å². The van der Waals surface area contributed by atoms with Crippen molar-refractivity contribution in [3.8, 4) is 5.75 Å². The monoisotopic (exact) mass is 425 g/mol. The first kappa shape index (κ1) is 21.2. The molecule has 1 N–H and O–H groups in total. The van der Waals surface area contributed by atoms with E-state index in [-0.39, 0.29) is 17.9 Å². The SMILES string of the molecule is CN1CCN(CCCNC(=O)COc2ccc(C(C)(C)C)cc2Br)CC1. The average Bonchev–Trinajstić information content (AvgIpc) is 2.58. The lowest BCUT2D eigenvalue weighted by atomic mass is 9.87. The second-order valence-corrected chi connectivity index (χ2v) is 8.89. The van der Waals surface area contributed by atoms with Gasteiger partial charge in [0.25, 0.3) is 5.91 Å². The second kappa shape index (κ2) is 9.72. The van der Waals surface area contributed by atoms with Crippen LogP contribution in [-0.2, 0) is 10.2 Å². The molecule has 1 amide bonds. The number of halogens is 1. The number of nitrogens with one attached hydrogen (secondary N) is 1. The minimum Gasteiger partial charge on any atom is -0.483 e. The number of amides is 1. The lowest BCUT2D eigenvalue weighted by Crippen LogP contribution is -2.45. The Morgan fingerprint density at radius 3 is 2.54 bits per heavy atom. The molecule has 0 aliphatic carbocycles. The molecule has 0 atom stereocenters. The molecule has 1 aliphatic rings. The lowest BCUT2D eigenvalue weighted by Gasteiger charge is -2.32. The Bertz CT molecular complexity index is 593. The first-order valence-corrected chi connectivity index (χ1v) is 10.2. The van der Waals surface area contributed by atoms with Crippen molar-refractivity contribution in [2.45, 2.75) is 32.6 Å². The Morgan fingerprint density at radius 2 is 1.92 bits per heavy atom. The van der Waals surface area contributed by atoms with Crippen LogP contribution in [0, 0.1) is 0 Å². The molecule has 1 fully saturated rings. The van der Waals surface area contributed by atoms with Gasteiger partial charge in [0.1, 0.15) is 5.75 Å². The fourth-order valence-corrected chi connectivity index (χ4v) is 3.37. The summed E-state index contributed by atoms with van der Waals surface area (Å²) in [4.78, 5) is 16.8. The Balaban J connectivity index is 1.66. The molecule has 1 aromatic carbocycles. The lowest BCUT2D eigenvalue weighted by molar-refractivity contribution is -0.123. The van der Waals surface area contributed by atoms with E-state index >= 15 is 0 Å². The molecule has 6 heteroatoms. The molecule has 0 saturated carbocycles. The van der Waals surface area contributed by atoms with Crippen LogP contribution in [0.1, 0.15) is 32.8 Å². The number of hydrogen-bond donors (Lipinski definition) is 1. The summed E-state index contributed by atoms with van der Waals surface area (Å²) in [7, 11) is 2.16. The van der Waals surface area contributed by atoms with Gasteiger partial charge in [-0.25, -0.2) is 0 Å². The number of benzene rings is 1. The zero-order valence-electron chi connectivity index (χ0n) is 16.5. The summed E-state index contributed by atoms with van der Waals surface area (Å²) >= 11 is 3.54. The van der Waals surface area contributed by atoms with Crippen molar-refractivity contribution in [2.24, 2.45) is 0 Å². The zero-order valence-corrected chi connectivity index (χ0v) is 18.1. The van der Waals surface area contributed by atoms with Crippen LogP contribution in [-0.4, -0.2) is 68.6 Å². The highest BCUT2D eigenvalue weighted by Gasteiger charge is 2.16. The van der Waals surface area contributed by atoms with Gasteiger partial charge in [-0.2, -0.15) is 0 Å². The number of likely N-dealkylation sites (N-methyl/N-ethyl adjacent to an activating group) is 1. The molecule has 0 radical (unpaired) electrons. The second-order valence-electron chi connectivity index (χ2n) is 8.03. The third kappa shape index (κ3) is 6.89. The van der Waals surface area contributed by atoms with Crippen LogP contribution in [0.3, 0.4) is 0 Å². The van der Waals surface area contributed by atoms with E-state index in [4.69, 9.17) is 4.74 Å². The summed E-state index contributed by atoms with van der Waals surface area (Å²) in [5, 5.41) is 2.94. The van der Waals surface area contributed by atoms with E-state index in [1.54, 1.807) is 0 Å². The fourth-order valence-electron chi connectivity index (χ4n) is 2.88. The number of nitrogens with zero attached hydrogens (tertiary/aromatic N) is 2. The Hall–Kier alpha value is -1.11. The number of hydrogen-bond acceptors (Lipinski definition) is 4. The summed E-state index contributed by atoms with van der Waals surface area (Å²) < 4.78 is 6.53. The Kier molecular flexibility index (Phi) is 7.92. The number of ether oxygens (including phenoxy) is 1. The van der Waals surface area contributed by atoms with Crippen LogP contribution in [0.25, 0.3) is 0 Å². The molecule has 2 rings (SSSR count). The number of carbonyl (C=O) groups excluding carboxylic acids is 1. The van der Waals surface area contributed by atoms with Crippen molar-refractivity contribution in [1.29, 1.82) is 0 Å². The zero-order chi connectivity index (χ0) is 19.2. The van der Waals surface area contributed by atoms with E-state index in [1.807, 2.05) is 12.1 Å². The molecular weight excluding hydrogens is 394 g/mol. The van der Waals surface area contributed by atoms with Crippen LogP contribution in [0.15, 0.2) is 22.7 Å². The summed E-state index contributed by atoms with van der Waals surface area (Å²) in [5.74, 6) is 0.626. The van der Waals surface area contributed by atoms with E-state index in [1.165, 1.54) is 5.56 Å². The predicted molar refractivity (Wildman–Crippen MR) is 110 cm³/mol. The molecular formula is C20H32BrN3O2. The van der Waals surface area contributed by atoms with E-state index in [0.29, 0.717) is 12.3 Å². The molecule has 0 unspecified atom stereocenters.